The van der Waals surface area contributed by atoms with Crippen molar-refractivity contribution in [2.45, 2.75) is 43.9 Å². The van der Waals surface area contributed by atoms with E-state index in [0.29, 0.717) is 11.4 Å². The predicted octanol–water partition coefficient (Wildman–Crippen LogP) is 4.46. The van der Waals surface area contributed by atoms with E-state index in [9.17, 15) is 17.6 Å². The van der Waals surface area contributed by atoms with Crippen molar-refractivity contribution in [1.29, 1.82) is 0 Å². The summed E-state index contributed by atoms with van der Waals surface area (Å²) in [7, 11) is 2.07. The van der Waals surface area contributed by atoms with Crippen LogP contribution in [0.15, 0.2) is 24.4 Å². The zero-order valence-electron chi connectivity index (χ0n) is 16.6. The summed E-state index contributed by atoms with van der Waals surface area (Å²) in [6.45, 7) is 1.93. The number of nitrogens with zero attached hydrogens (tertiary/aromatic N) is 3. The molecule has 0 atom stereocenters. The second-order valence-electron chi connectivity index (χ2n) is 7.95. The minimum Gasteiger partial charge on any atom is -0.382 e. The van der Waals surface area contributed by atoms with Crippen molar-refractivity contribution in [1.82, 2.24) is 14.9 Å². The van der Waals surface area contributed by atoms with Crippen LogP contribution in [0.3, 0.4) is 0 Å². The summed E-state index contributed by atoms with van der Waals surface area (Å²) in [6, 6.07) is 4.60. The molecule has 2 aromatic rings. The maximum Gasteiger partial charge on any atom is 0.421 e. The molecule has 1 aromatic heterocycles. The molecule has 30 heavy (non-hydrogen) atoms. The van der Waals surface area contributed by atoms with E-state index in [1.54, 1.807) is 6.07 Å². The summed E-state index contributed by atoms with van der Waals surface area (Å²) in [6.07, 6.45) is -0.293. The Kier molecular flexibility index (Phi) is 5.68. The normalized spacial score (nSPS) is 18.3. The highest BCUT2D eigenvalue weighted by atomic mass is 19.4. The van der Waals surface area contributed by atoms with Gasteiger partial charge in [-0.2, -0.15) is 18.2 Å². The van der Waals surface area contributed by atoms with E-state index in [1.165, 1.54) is 12.1 Å². The lowest BCUT2D eigenvalue weighted by atomic mass is 10.1. The lowest BCUT2D eigenvalue weighted by Crippen LogP contribution is -2.36. The zero-order valence-corrected chi connectivity index (χ0v) is 16.6. The van der Waals surface area contributed by atoms with Gasteiger partial charge in [0.15, 0.2) is 0 Å². The summed E-state index contributed by atoms with van der Waals surface area (Å²) < 4.78 is 53.8. The summed E-state index contributed by atoms with van der Waals surface area (Å²) in [5.74, 6) is -0.746. The second kappa shape index (κ2) is 8.25. The average Bonchev–Trinajstić information content (AvgIpc) is 3.46. The number of rotatable bonds is 6. The van der Waals surface area contributed by atoms with Crippen molar-refractivity contribution in [3.63, 3.8) is 0 Å². The summed E-state index contributed by atoms with van der Waals surface area (Å²) >= 11 is 0. The van der Waals surface area contributed by atoms with Gasteiger partial charge in [0.1, 0.15) is 17.2 Å². The molecular formula is C20H24F4N6. The number of aromatic nitrogens is 2. The second-order valence-corrected chi connectivity index (χ2v) is 7.95. The van der Waals surface area contributed by atoms with Gasteiger partial charge in [-0.05, 0) is 64.0 Å². The molecule has 1 aromatic carbocycles. The van der Waals surface area contributed by atoms with Gasteiger partial charge >= 0.3 is 6.18 Å². The van der Waals surface area contributed by atoms with E-state index in [4.69, 9.17) is 0 Å². The lowest BCUT2D eigenvalue weighted by Gasteiger charge is -2.30. The largest absolute Gasteiger partial charge is 0.421 e. The molecule has 6 nitrogen and oxygen atoms in total. The highest BCUT2D eigenvalue weighted by Crippen LogP contribution is 2.36. The number of anilines is 4. The highest BCUT2D eigenvalue weighted by Gasteiger charge is 2.36. The van der Waals surface area contributed by atoms with Gasteiger partial charge in [-0.3, -0.25) is 0 Å². The van der Waals surface area contributed by atoms with E-state index in [2.05, 4.69) is 37.9 Å². The number of benzene rings is 1. The molecule has 0 bridgehead atoms. The lowest BCUT2D eigenvalue weighted by molar-refractivity contribution is -0.137. The van der Waals surface area contributed by atoms with Crippen molar-refractivity contribution in [3.05, 3.63) is 35.8 Å². The van der Waals surface area contributed by atoms with Gasteiger partial charge in [0, 0.05) is 29.7 Å². The van der Waals surface area contributed by atoms with E-state index in [0.717, 1.165) is 45.0 Å². The van der Waals surface area contributed by atoms with Crippen molar-refractivity contribution >= 4 is 23.1 Å². The van der Waals surface area contributed by atoms with Crippen molar-refractivity contribution in [2.75, 3.05) is 36.1 Å². The molecule has 1 saturated carbocycles. The van der Waals surface area contributed by atoms with E-state index >= 15 is 0 Å². The van der Waals surface area contributed by atoms with Crippen LogP contribution in [0.1, 0.15) is 31.2 Å². The molecule has 162 valence electrons. The van der Waals surface area contributed by atoms with Crippen molar-refractivity contribution in [3.8, 4) is 0 Å². The Hall–Kier alpha value is -2.62. The highest BCUT2D eigenvalue weighted by molar-refractivity contribution is 5.63. The van der Waals surface area contributed by atoms with Crippen LogP contribution < -0.4 is 16.0 Å². The fourth-order valence-corrected chi connectivity index (χ4v) is 3.44. The number of alkyl halides is 3. The minimum absolute atomic E-state index is 0.00615. The van der Waals surface area contributed by atoms with Crippen LogP contribution in [0.4, 0.5) is 40.7 Å². The Bertz CT molecular complexity index is 891. The molecule has 0 spiro atoms. The first-order valence-corrected chi connectivity index (χ1v) is 10.00. The third-order valence-electron chi connectivity index (χ3n) is 5.26. The maximum absolute atomic E-state index is 14.1. The SMILES string of the molecule is CN1CCC(Nc2cc(F)cc(Nc3ncc(C(F)(F)F)c(NC4CC4)n3)c2)CC1. The first-order chi connectivity index (χ1) is 14.3. The minimum atomic E-state index is -4.56. The molecule has 2 aliphatic rings. The summed E-state index contributed by atoms with van der Waals surface area (Å²) in [5, 5.41) is 8.96. The third kappa shape index (κ3) is 5.29. The van der Waals surface area contributed by atoms with Gasteiger partial charge in [0.2, 0.25) is 5.95 Å². The van der Waals surface area contributed by atoms with E-state index < -0.39 is 17.6 Å². The van der Waals surface area contributed by atoms with Gasteiger partial charge in [-0.15, -0.1) is 0 Å². The summed E-state index contributed by atoms with van der Waals surface area (Å²) in [5.41, 5.74) is 0.0571. The van der Waals surface area contributed by atoms with Gasteiger partial charge in [-0.25, -0.2) is 9.37 Å². The Morgan fingerprint density at radius 3 is 2.30 bits per heavy atom. The molecule has 0 unspecified atom stereocenters. The molecule has 4 rings (SSSR count). The fourth-order valence-electron chi connectivity index (χ4n) is 3.44. The molecule has 10 heteroatoms. The zero-order chi connectivity index (χ0) is 21.3. The van der Waals surface area contributed by atoms with Crippen LogP contribution in [0.2, 0.25) is 0 Å². The average molecular weight is 424 g/mol. The molecule has 0 amide bonds. The molecule has 3 N–H and O–H groups in total. The molecule has 2 heterocycles. The van der Waals surface area contributed by atoms with Crippen LogP contribution in [0.25, 0.3) is 0 Å². The van der Waals surface area contributed by atoms with Crippen LogP contribution in [-0.4, -0.2) is 47.1 Å². The third-order valence-corrected chi connectivity index (χ3v) is 5.26. The molecule has 1 saturated heterocycles. The predicted molar refractivity (Wildman–Crippen MR) is 108 cm³/mol. The quantitative estimate of drug-likeness (QED) is 0.595. The van der Waals surface area contributed by atoms with Crippen molar-refractivity contribution < 1.29 is 17.6 Å². The molecule has 2 fully saturated rings. The van der Waals surface area contributed by atoms with Gasteiger partial charge in [0.05, 0.1) is 0 Å². The number of nitrogens with one attached hydrogen (secondary N) is 3. The van der Waals surface area contributed by atoms with Crippen molar-refractivity contribution in [2.24, 2.45) is 0 Å². The first kappa shape index (κ1) is 20.6. The Morgan fingerprint density at radius 1 is 0.967 bits per heavy atom. The maximum atomic E-state index is 14.1. The van der Waals surface area contributed by atoms with E-state index in [-0.39, 0.29) is 23.8 Å². The Morgan fingerprint density at radius 2 is 1.63 bits per heavy atom. The van der Waals surface area contributed by atoms with E-state index in [1.807, 2.05) is 0 Å². The number of piperidine rings is 1. The van der Waals surface area contributed by atoms with Gasteiger partial charge in [0.25, 0.3) is 0 Å². The molecule has 0 radical (unpaired) electrons. The van der Waals surface area contributed by atoms with Crippen LogP contribution in [0.5, 0.6) is 0 Å². The van der Waals surface area contributed by atoms with Gasteiger partial charge in [-0.1, -0.05) is 0 Å². The van der Waals surface area contributed by atoms with Crippen LogP contribution in [-0.2, 0) is 6.18 Å². The Balaban J connectivity index is 1.51. The Labute approximate surface area is 172 Å². The van der Waals surface area contributed by atoms with Gasteiger partial charge < -0.3 is 20.9 Å². The van der Waals surface area contributed by atoms with Crippen LogP contribution >= 0.6 is 0 Å². The number of halogens is 4. The molecular weight excluding hydrogens is 400 g/mol. The standard InChI is InChI=1S/C20H24F4N6/c1-30-6-4-14(5-7-30)26-15-8-12(21)9-16(10-15)28-19-25-11-17(20(22,23)24)18(29-19)27-13-2-3-13/h8-11,13-14,26H,2-7H2,1H3,(H2,25,27,28,29). The van der Waals surface area contributed by atoms with Crippen LogP contribution in [0, 0.1) is 5.82 Å². The molecule has 1 aliphatic heterocycles. The first-order valence-electron chi connectivity index (χ1n) is 10.00. The summed E-state index contributed by atoms with van der Waals surface area (Å²) in [4.78, 5) is 10.0. The number of likely N-dealkylation sites (tertiary alicyclic amines) is 1. The molecule has 1 aliphatic carbocycles. The topological polar surface area (TPSA) is 65.1 Å². The number of hydrogen-bond acceptors (Lipinski definition) is 6. The smallest absolute Gasteiger partial charge is 0.382 e. The fraction of sp³-hybridized carbons (Fsp3) is 0.500. The number of hydrogen-bond donors (Lipinski definition) is 3. The monoisotopic (exact) mass is 424 g/mol.